The molecule has 0 spiro atoms. The molecule has 150 valence electrons. The number of ketones is 1. The molecule has 0 aliphatic carbocycles. The number of hydrogen-bond acceptors (Lipinski definition) is 3. The van der Waals surface area contributed by atoms with Gasteiger partial charge in [0.25, 0.3) is 0 Å². The minimum atomic E-state index is -0.0881. The van der Waals surface area contributed by atoms with Crippen molar-refractivity contribution in [3.05, 3.63) is 70.3 Å². The number of carbonyl (C=O) groups is 2. The molecule has 0 aliphatic rings. The number of nitrogens with one attached hydrogen (secondary N) is 1. The van der Waals surface area contributed by atoms with Crippen molar-refractivity contribution in [1.82, 2.24) is 10.2 Å². The summed E-state index contributed by atoms with van der Waals surface area (Å²) in [5, 5.41) is 2.97. The van der Waals surface area contributed by atoms with E-state index in [2.05, 4.69) is 36.2 Å². The molecule has 0 saturated carbocycles. The first-order valence-corrected chi connectivity index (χ1v) is 10.1. The Morgan fingerprint density at radius 1 is 0.893 bits per heavy atom. The van der Waals surface area contributed by atoms with Crippen molar-refractivity contribution >= 4 is 11.7 Å². The lowest BCUT2D eigenvalue weighted by Crippen LogP contribution is -2.26. The fraction of sp³-hybridized carbons (Fsp3) is 0.417. The average Bonchev–Trinajstić information content (AvgIpc) is 2.71. The Bertz CT molecular complexity index is 810. The number of nitrogens with zero attached hydrogens (tertiary/aromatic N) is 1. The largest absolute Gasteiger partial charge is 0.352 e. The summed E-state index contributed by atoms with van der Waals surface area (Å²) in [6, 6.07) is 13.9. The van der Waals surface area contributed by atoms with Gasteiger partial charge in [0.1, 0.15) is 0 Å². The summed E-state index contributed by atoms with van der Waals surface area (Å²) in [6.07, 6.45) is 0.444. The second kappa shape index (κ2) is 10.8. The van der Waals surface area contributed by atoms with Gasteiger partial charge in [-0.2, -0.15) is 0 Å². The number of benzene rings is 2. The predicted octanol–water partition coefficient (Wildman–Crippen LogP) is 4.42. The molecule has 0 heterocycles. The number of amides is 1. The van der Waals surface area contributed by atoms with Crippen LogP contribution in [0.5, 0.6) is 0 Å². The maximum absolute atomic E-state index is 12.3. The molecule has 0 saturated heterocycles. The highest BCUT2D eigenvalue weighted by molar-refractivity contribution is 5.98. The van der Waals surface area contributed by atoms with Crippen LogP contribution >= 0.6 is 0 Å². The molecule has 4 nitrogen and oxygen atoms in total. The number of Topliss-reactive ketones (excluding diaryl/α,β-unsaturated/α-hetero) is 1. The lowest BCUT2D eigenvalue weighted by atomic mass is 10.0. The molecule has 2 rings (SSSR count). The van der Waals surface area contributed by atoms with Crippen LogP contribution in [0.25, 0.3) is 0 Å². The smallest absolute Gasteiger partial charge is 0.220 e. The van der Waals surface area contributed by atoms with Crippen LogP contribution in [0.1, 0.15) is 59.3 Å². The van der Waals surface area contributed by atoms with Crippen LogP contribution < -0.4 is 5.32 Å². The van der Waals surface area contributed by atoms with E-state index < -0.39 is 0 Å². The van der Waals surface area contributed by atoms with Crippen molar-refractivity contribution in [2.24, 2.45) is 0 Å². The molecule has 1 amide bonds. The summed E-state index contributed by atoms with van der Waals surface area (Å²) >= 11 is 0. The average molecular weight is 381 g/mol. The maximum Gasteiger partial charge on any atom is 0.220 e. The standard InChI is InChI=1S/C24H32N2O2/c1-5-26(6-2)17-22-10-8-7-9-21(22)16-25-24(28)14-13-23(27)20-12-11-18(3)19(4)15-20/h7-12,15H,5-6,13-14,16-17H2,1-4H3,(H,25,28). The highest BCUT2D eigenvalue weighted by atomic mass is 16.2. The second-order valence-electron chi connectivity index (χ2n) is 7.23. The third kappa shape index (κ3) is 6.31. The number of hydrogen-bond donors (Lipinski definition) is 1. The van der Waals surface area contributed by atoms with E-state index in [9.17, 15) is 9.59 Å². The van der Waals surface area contributed by atoms with E-state index in [-0.39, 0.29) is 24.5 Å². The van der Waals surface area contributed by atoms with Crippen LogP contribution in [0.15, 0.2) is 42.5 Å². The zero-order valence-corrected chi connectivity index (χ0v) is 17.5. The fourth-order valence-electron chi connectivity index (χ4n) is 3.14. The SMILES string of the molecule is CCN(CC)Cc1ccccc1CNC(=O)CCC(=O)c1ccc(C)c(C)c1. The number of aryl methyl sites for hydroxylation is 2. The van der Waals surface area contributed by atoms with Crippen LogP contribution in [0.3, 0.4) is 0 Å². The van der Waals surface area contributed by atoms with Gasteiger partial charge in [-0.3, -0.25) is 14.5 Å². The predicted molar refractivity (Wildman–Crippen MR) is 114 cm³/mol. The summed E-state index contributed by atoms with van der Waals surface area (Å²) in [7, 11) is 0. The highest BCUT2D eigenvalue weighted by Gasteiger charge is 2.11. The van der Waals surface area contributed by atoms with E-state index in [0.29, 0.717) is 12.1 Å². The van der Waals surface area contributed by atoms with Gasteiger partial charge in [0.15, 0.2) is 5.78 Å². The first-order valence-electron chi connectivity index (χ1n) is 10.1. The summed E-state index contributed by atoms with van der Waals surface area (Å²) in [5.74, 6) is -0.0741. The zero-order chi connectivity index (χ0) is 20.5. The van der Waals surface area contributed by atoms with E-state index in [1.54, 1.807) is 0 Å². The van der Waals surface area contributed by atoms with Crippen molar-refractivity contribution in [2.45, 2.75) is 53.6 Å². The van der Waals surface area contributed by atoms with Crippen molar-refractivity contribution in [3.63, 3.8) is 0 Å². The van der Waals surface area contributed by atoms with Gasteiger partial charge in [-0.15, -0.1) is 0 Å². The molecule has 2 aromatic carbocycles. The molecule has 0 aromatic heterocycles. The van der Waals surface area contributed by atoms with E-state index in [1.807, 2.05) is 44.2 Å². The molecular formula is C24H32N2O2. The van der Waals surface area contributed by atoms with Gasteiger partial charge in [0.2, 0.25) is 5.91 Å². The number of carbonyl (C=O) groups excluding carboxylic acids is 2. The Labute approximate surface area is 169 Å². The molecule has 0 bridgehead atoms. The van der Waals surface area contributed by atoms with Crippen molar-refractivity contribution in [2.75, 3.05) is 13.1 Å². The van der Waals surface area contributed by atoms with Gasteiger partial charge in [-0.25, -0.2) is 0 Å². The topological polar surface area (TPSA) is 49.4 Å². The van der Waals surface area contributed by atoms with Crippen molar-refractivity contribution < 1.29 is 9.59 Å². The van der Waals surface area contributed by atoms with Gasteiger partial charge in [-0.1, -0.05) is 50.2 Å². The quantitative estimate of drug-likeness (QED) is 0.621. The van der Waals surface area contributed by atoms with Crippen molar-refractivity contribution in [3.8, 4) is 0 Å². The van der Waals surface area contributed by atoms with Gasteiger partial charge in [-0.05, 0) is 55.3 Å². The first-order chi connectivity index (χ1) is 13.4. The molecule has 4 heteroatoms. The molecule has 0 atom stereocenters. The van der Waals surface area contributed by atoms with E-state index in [1.165, 1.54) is 5.56 Å². The van der Waals surface area contributed by atoms with Gasteiger partial charge >= 0.3 is 0 Å². The summed E-state index contributed by atoms with van der Waals surface area (Å²) in [5.41, 5.74) is 5.30. The Balaban J connectivity index is 1.87. The fourth-order valence-corrected chi connectivity index (χ4v) is 3.14. The second-order valence-corrected chi connectivity index (χ2v) is 7.23. The van der Waals surface area contributed by atoms with Gasteiger partial charge in [0, 0.05) is 31.5 Å². The van der Waals surface area contributed by atoms with Crippen LogP contribution in [0.2, 0.25) is 0 Å². The Morgan fingerprint density at radius 2 is 1.57 bits per heavy atom. The van der Waals surface area contributed by atoms with Crippen LogP contribution in [0.4, 0.5) is 0 Å². The molecular weight excluding hydrogens is 348 g/mol. The third-order valence-corrected chi connectivity index (χ3v) is 5.29. The Hall–Kier alpha value is -2.46. The minimum absolute atomic E-state index is 0.0141. The normalized spacial score (nSPS) is 10.9. The summed E-state index contributed by atoms with van der Waals surface area (Å²) in [4.78, 5) is 26.9. The number of rotatable bonds is 10. The molecule has 2 aromatic rings. The van der Waals surface area contributed by atoms with Crippen LogP contribution in [-0.4, -0.2) is 29.7 Å². The van der Waals surface area contributed by atoms with Crippen LogP contribution in [-0.2, 0) is 17.9 Å². The lowest BCUT2D eigenvalue weighted by molar-refractivity contribution is -0.121. The zero-order valence-electron chi connectivity index (χ0n) is 17.5. The van der Waals surface area contributed by atoms with Crippen LogP contribution in [0, 0.1) is 13.8 Å². The van der Waals surface area contributed by atoms with E-state index in [4.69, 9.17) is 0 Å². The molecule has 0 aliphatic heterocycles. The molecule has 0 fully saturated rings. The maximum atomic E-state index is 12.3. The molecule has 0 unspecified atom stereocenters. The summed E-state index contributed by atoms with van der Waals surface area (Å²) < 4.78 is 0. The molecule has 28 heavy (non-hydrogen) atoms. The summed E-state index contributed by atoms with van der Waals surface area (Å²) in [6.45, 7) is 11.7. The van der Waals surface area contributed by atoms with Gasteiger partial charge in [0.05, 0.1) is 0 Å². The first kappa shape index (κ1) is 21.8. The third-order valence-electron chi connectivity index (χ3n) is 5.29. The van der Waals surface area contributed by atoms with E-state index >= 15 is 0 Å². The molecule has 1 N–H and O–H groups in total. The van der Waals surface area contributed by atoms with Crippen molar-refractivity contribution in [1.29, 1.82) is 0 Å². The minimum Gasteiger partial charge on any atom is -0.352 e. The highest BCUT2D eigenvalue weighted by Crippen LogP contribution is 2.14. The lowest BCUT2D eigenvalue weighted by Gasteiger charge is -2.20. The van der Waals surface area contributed by atoms with E-state index in [0.717, 1.165) is 36.3 Å². The molecule has 0 radical (unpaired) electrons. The van der Waals surface area contributed by atoms with Gasteiger partial charge < -0.3 is 5.32 Å². The Morgan fingerprint density at radius 3 is 2.21 bits per heavy atom. The monoisotopic (exact) mass is 380 g/mol. The Kier molecular flexibility index (Phi) is 8.40.